The van der Waals surface area contributed by atoms with Crippen LogP contribution in [0.3, 0.4) is 0 Å². The van der Waals surface area contributed by atoms with Crippen LogP contribution in [-0.4, -0.2) is 51.8 Å². The summed E-state index contributed by atoms with van der Waals surface area (Å²) in [6.07, 6.45) is -1.29. The SMILES string of the molecule is CC(OCc1ccc(Cl)cc1)C(NC(=O)OC(C)(C)C)C(=O)N1Cc2ccccc2C[C@@H]1CC(=O)O. The molecule has 1 heterocycles. The van der Waals surface area contributed by atoms with E-state index < -0.39 is 41.8 Å². The van der Waals surface area contributed by atoms with Gasteiger partial charge < -0.3 is 24.8 Å². The summed E-state index contributed by atoms with van der Waals surface area (Å²) in [4.78, 5) is 39.7. The van der Waals surface area contributed by atoms with Gasteiger partial charge in [0.15, 0.2) is 0 Å². The van der Waals surface area contributed by atoms with Crippen molar-refractivity contribution in [1.29, 1.82) is 0 Å². The predicted molar refractivity (Wildman–Crippen MR) is 136 cm³/mol. The van der Waals surface area contributed by atoms with E-state index in [4.69, 9.17) is 21.1 Å². The second-order valence-corrected chi connectivity index (χ2v) is 10.4. The number of nitrogens with one attached hydrogen (secondary N) is 1. The lowest BCUT2D eigenvalue weighted by atomic mass is 9.91. The van der Waals surface area contributed by atoms with Crippen molar-refractivity contribution in [3.05, 3.63) is 70.2 Å². The molecule has 3 atom stereocenters. The average molecular weight is 517 g/mol. The molecule has 36 heavy (non-hydrogen) atoms. The molecule has 1 aliphatic heterocycles. The summed E-state index contributed by atoms with van der Waals surface area (Å²) in [5.74, 6) is -1.42. The summed E-state index contributed by atoms with van der Waals surface area (Å²) in [6.45, 7) is 7.32. The molecule has 2 amide bonds. The van der Waals surface area contributed by atoms with Gasteiger partial charge in [-0.05, 0) is 62.9 Å². The molecule has 2 unspecified atom stereocenters. The van der Waals surface area contributed by atoms with Gasteiger partial charge in [0, 0.05) is 17.6 Å². The van der Waals surface area contributed by atoms with Crippen LogP contribution in [0, 0.1) is 0 Å². The minimum atomic E-state index is -1.09. The molecule has 9 heteroatoms. The van der Waals surface area contributed by atoms with Gasteiger partial charge in [-0.15, -0.1) is 0 Å². The van der Waals surface area contributed by atoms with Crippen molar-refractivity contribution in [1.82, 2.24) is 10.2 Å². The molecule has 0 saturated carbocycles. The van der Waals surface area contributed by atoms with Crippen molar-refractivity contribution in [2.24, 2.45) is 0 Å². The minimum absolute atomic E-state index is 0.194. The number of rotatable bonds is 8. The first-order chi connectivity index (χ1) is 16.9. The molecule has 0 spiro atoms. The number of alkyl carbamates (subject to hydrolysis) is 1. The van der Waals surface area contributed by atoms with Gasteiger partial charge in [0.25, 0.3) is 0 Å². The molecule has 0 saturated heterocycles. The van der Waals surface area contributed by atoms with Crippen molar-refractivity contribution in [2.75, 3.05) is 0 Å². The lowest BCUT2D eigenvalue weighted by molar-refractivity contribution is -0.145. The molecule has 194 valence electrons. The van der Waals surface area contributed by atoms with E-state index in [-0.39, 0.29) is 19.6 Å². The van der Waals surface area contributed by atoms with Crippen LogP contribution >= 0.6 is 11.6 Å². The number of hydrogen-bond donors (Lipinski definition) is 2. The first kappa shape index (κ1) is 27.5. The summed E-state index contributed by atoms with van der Waals surface area (Å²) in [5, 5.41) is 12.8. The molecule has 0 fully saturated rings. The summed E-state index contributed by atoms with van der Waals surface area (Å²) in [6, 6.07) is 13.1. The summed E-state index contributed by atoms with van der Waals surface area (Å²) in [5.41, 5.74) is 2.04. The first-order valence-corrected chi connectivity index (χ1v) is 12.3. The number of aliphatic carboxylic acids is 1. The normalized spacial score (nSPS) is 17.0. The van der Waals surface area contributed by atoms with Crippen molar-refractivity contribution in [3.8, 4) is 0 Å². The van der Waals surface area contributed by atoms with Crippen molar-refractivity contribution < 1.29 is 29.0 Å². The van der Waals surface area contributed by atoms with E-state index >= 15 is 0 Å². The number of benzene rings is 2. The maximum atomic E-state index is 13.9. The second kappa shape index (κ2) is 11.8. The van der Waals surface area contributed by atoms with Crippen LogP contribution < -0.4 is 5.32 Å². The Labute approximate surface area is 216 Å². The smallest absolute Gasteiger partial charge is 0.408 e. The number of nitrogens with zero attached hydrogens (tertiary/aromatic N) is 1. The van der Waals surface area contributed by atoms with E-state index in [0.717, 1.165) is 16.7 Å². The Bertz CT molecular complexity index is 1080. The highest BCUT2D eigenvalue weighted by Gasteiger charge is 2.38. The quantitative estimate of drug-likeness (QED) is 0.532. The topological polar surface area (TPSA) is 105 Å². The fraction of sp³-hybridized carbons (Fsp3) is 0.444. The summed E-state index contributed by atoms with van der Waals surface area (Å²) >= 11 is 5.95. The van der Waals surface area contributed by atoms with E-state index in [0.29, 0.717) is 11.4 Å². The van der Waals surface area contributed by atoms with Crippen LogP contribution in [0.15, 0.2) is 48.5 Å². The third-order valence-electron chi connectivity index (χ3n) is 5.88. The molecule has 2 N–H and O–H groups in total. The van der Waals surface area contributed by atoms with Gasteiger partial charge >= 0.3 is 12.1 Å². The maximum absolute atomic E-state index is 13.9. The predicted octanol–water partition coefficient (Wildman–Crippen LogP) is 4.57. The van der Waals surface area contributed by atoms with Crippen molar-refractivity contribution in [3.63, 3.8) is 0 Å². The fourth-order valence-corrected chi connectivity index (χ4v) is 4.25. The number of hydrogen-bond acceptors (Lipinski definition) is 5. The van der Waals surface area contributed by atoms with E-state index in [2.05, 4.69) is 5.32 Å². The number of carboxylic acid groups (broad SMARTS) is 1. The van der Waals surface area contributed by atoms with Gasteiger partial charge in [0.05, 0.1) is 19.1 Å². The molecule has 2 aromatic rings. The number of halogens is 1. The molecule has 8 nitrogen and oxygen atoms in total. The first-order valence-electron chi connectivity index (χ1n) is 11.9. The molecule has 1 aliphatic rings. The molecule has 2 aromatic carbocycles. The third kappa shape index (κ3) is 7.70. The van der Waals surface area contributed by atoms with Gasteiger partial charge in [-0.1, -0.05) is 48.0 Å². The van der Waals surface area contributed by atoms with Gasteiger partial charge in [0.1, 0.15) is 11.6 Å². The lowest BCUT2D eigenvalue weighted by Gasteiger charge is -2.39. The molecular weight excluding hydrogens is 484 g/mol. The maximum Gasteiger partial charge on any atom is 0.408 e. The average Bonchev–Trinajstić information content (AvgIpc) is 2.79. The van der Waals surface area contributed by atoms with Gasteiger partial charge in [0.2, 0.25) is 5.91 Å². The van der Waals surface area contributed by atoms with Crippen LogP contribution in [0.1, 0.15) is 50.8 Å². The van der Waals surface area contributed by atoms with Crippen LogP contribution in [0.5, 0.6) is 0 Å². The van der Waals surface area contributed by atoms with Gasteiger partial charge in [-0.2, -0.15) is 0 Å². The van der Waals surface area contributed by atoms with E-state index in [9.17, 15) is 19.5 Å². The fourth-order valence-electron chi connectivity index (χ4n) is 4.13. The van der Waals surface area contributed by atoms with E-state index in [1.165, 1.54) is 4.90 Å². The highest BCUT2D eigenvalue weighted by molar-refractivity contribution is 6.30. The number of carbonyl (C=O) groups excluding carboxylic acids is 2. The zero-order valence-electron chi connectivity index (χ0n) is 21.0. The molecule has 3 rings (SSSR count). The minimum Gasteiger partial charge on any atom is -0.481 e. The zero-order chi connectivity index (χ0) is 26.5. The van der Waals surface area contributed by atoms with Crippen molar-refractivity contribution >= 4 is 29.6 Å². The Morgan fingerprint density at radius 1 is 1.11 bits per heavy atom. The monoisotopic (exact) mass is 516 g/mol. The molecule has 0 radical (unpaired) electrons. The largest absolute Gasteiger partial charge is 0.481 e. The van der Waals surface area contributed by atoms with Crippen LogP contribution in [-0.2, 0) is 38.6 Å². The highest BCUT2D eigenvalue weighted by Crippen LogP contribution is 2.26. The number of fused-ring (bicyclic) bond motifs is 1. The van der Waals surface area contributed by atoms with Gasteiger partial charge in [-0.3, -0.25) is 9.59 Å². The van der Waals surface area contributed by atoms with E-state index in [1.54, 1.807) is 39.8 Å². The molecule has 0 bridgehead atoms. The molecule has 0 aromatic heterocycles. The number of amides is 2. The lowest BCUT2D eigenvalue weighted by Crippen LogP contribution is -2.58. The third-order valence-corrected chi connectivity index (χ3v) is 6.13. The number of ether oxygens (including phenoxy) is 2. The standard InChI is InChI=1S/C27H33ClN2O6/c1-17(35-16-18-9-11-21(28)12-10-18)24(29-26(34)36-27(2,3)4)25(33)30-15-20-8-6-5-7-19(20)13-22(30)14-23(31)32/h5-12,17,22,24H,13-16H2,1-4H3,(H,29,34)(H,31,32)/t17?,22-,24?/m1/s1. The Hall–Kier alpha value is -3.10. The van der Waals surface area contributed by atoms with Crippen LogP contribution in [0.25, 0.3) is 0 Å². The Morgan fingerprint density at radius 3 is 2.36 bits per heavy atom. The van der Waals surface area contributed by atoms with Gasteiger partial charge in [-0.25, -0.2) is 4.79 Å². The summed E-state index contributed by atoms with van der Waals surface area (Å²) < 4.78 is 11.4. The highest BCUT2D eigenvalue weighted by atomic mass is 35.5. The number of carboxylic acids is 1. The Morgan fingerprint density at radius 2 is 1.75 bits per heavy atom. The zero-order valence-corrected chi connectivity index (χ0v) is 21.7. The van der Waals surface area contributed by atoms with Crippen LogP contribution in [0.2, 0.25) is 5.02 Å². The van der Waals surface area contributed by atoms with E-state index in [1.807, 2.05) is 36.4 Å². The Balaban J connectivity index is 1.85. The molecule has 0 aliphatic carbocycles. The van der Waals surface area contributed by atoms with Crippen molar-refractivity contribution in [2.45, 2.75) is 77.5 Å². The second-order valence-electron chi connectivity index (χ2n) is 9.96. The number of carbonyl (C=O) groups is 3. The summed E-state index contributed by atoms with van der Waals surface area (Å²) in [7, 11) is 0. The molecular formula is C27H33ClN2O6. The van der Waals surface area contributed by atoms with Crippen LogP contribution in [0.4, 0.5) is 4.79 Å². The Kier molecular flexibility index (Phi) is 8.98.